The van der Waals surface area contributed by atoms with E-state index in [1.54, 1.807) is 11.3 Å². The van der Waals surface area contributed by atoms with Crippen LogP contribution in [0.4, 0.5) is 0 Å². The first kappa shape index (κ1) is 16.2. The summed E-state index contributed by atoms with van der Waals surface area (Å²) >= 11 is 1.71. The molecular formula is C17H24N2OS. The van der Waals surface area contributed by atoms with Gasteiger partial charge in [-0.1, -0.05) is 30.3 Å². The molecule has 0 fully saturated rings. The first-order valence-electron chi connectivity index (χ1n) is 7.23. The third-order valence-corrected chi connectivity index (χ3v) is 4.10. The summed E-state index contributed by atoms with van der Waals surface area (Å²) in [6.45, 7) is 3.13. The van der Waals surface area contributed by atoms with E-state index in [1.165, 1.54) is 11.1 Å². The number of hydrogen-bond acceptors (Lipinski definition) is 4. The maximum atomic E-state index is 10.2. The number of nitrogens with zero attached hydrogens (tertiary/aromatic N) is 2. The van der Waals surface area contributed by atoms with Gasteiger partial charge in [0.05, 0.1) is 6.10 Å². The molecule has 114 valence electrons. The van der Waals surface area contributed by atoms with Crippen molar-refractivity contribution in [1.29, 1.82) is 0 Å². The van der Waals surface area contributed by atoms with Crippen molar-refractivity contribution < 1.29 is 5.11 Å². The molecule has 1 atom stereocenters. The van der Waals surface area contributed by atoms with Crippen LogP contribution < -0.4 is 0 Å². The average Bonchev–Trinajstić information content (AvgIpc) is 2.91. The van der Waals surface area contributed by atoms with Gasteiger partial charge in [0.25, 0.3) is 0 Å². The van der Waals surface area contributed by atoms with Crippen LogP contribution in [-0.2, 0) is 13.1 Å². The fourth-order valence-corrected chi connectivity index (χ4v) is 3.16. The van der Waals surface area contributed by atoms with Crippen molar-refractivity contribution in [2.75, 3.05) is 27.2 Å². The summed E-state index contributed by atoms with van der Waals surface area (Å²) in [5, 5.41) is 14.5. The summed E-state index contributed by atoms with van der Waals surface area (Å²) in [5.41, 5.74) is 2.59. The maximum Gasteiger partial charge on any atom is 0.0793 e. The number of hydrogen-bond donors (Lipinski definition) is 1. The van der Waals surface area contributed by atoms with Crippen LogP contribution in [0.3, 0.4) is 0 Å². The van der Waals surface area contributed by atoms with E-state index >= 15 is 0 Å². The molecule has 1 unspecified atom stereocenters. The van der Waals surface area contributed by atoms with Crippen LogP contribution in [-0.4, -0.2) is 48.2 Å². The van der Waals surface area contributed by atoms with Crippen molar-refractivity contribution in [3.63, 3.8) is 0 Å². The van der Waals surface area contributed by atoms with Gasteiger partial charge in [0.2, 0.25) is 0 Å². The quantitative estimate of drug-likeness (QED) is 0.812. The lowest BCUT2D eigenvalue weighted by molar-refractivity contribution is 0.0868. The van der Waals surface area contributed by atoms with E-state index in [-0.39, 0.29) is 6.10 Å². The molecule has 0 radical (unpaired) electrons. The van der Waals surface area contributed by atoms with Gasteiger partial charge in [-0.15, -0.1) is 0 Å². The fourth-order valence-electron chi connectivity index (χ4n) is 2.50. The van der Waals surface area contributed by atoms with Crippen LogP contribution in [0.1, 0.15) is 11.1 Å². The third kappa shape index (κ3) is 5.98. The highest BCUT2D eigenvalue weighted by atomic mass is 32.1. The number of rotatable bonds is 8. The SMILES string of the molecule is CN(Cc1ccccc1)CC(O)CN(C)Cc1ccsc1. The Morgan fingerprint density at radius 2 is 1.57 bits per heavy atom. The Balaban J connectivity index is 1.72. The van der Waals surface area contributed by atoms with E-state index in [0.717, 1.165) is 13.1 Å². The van der Waals surface area contributed by atoms with Gasteiger partial charge < -0.3 is 5.11 Å². The molecule has 1 aromatic heterocycles. The zero-order valence-corrected chi connectivity index (χ0v) is 13.6. The van der Waals surface area contributed by atoms with Gasteiger partial charge in [-0.3, -0.25) is 9.80 Å². The smallest absolute Gasteiger partial charge is 0.0793 e. The minimum absolute atomic E-state index is 0.331. The van der Waals surface area contributed by atoms with Crippen LogP contribution in [0.25, 0.3) is 0 Å². The molecule has 2 aromatic rings. The van der Waals surface area contributed by atoms with Crippen molar-refractivity contribution in [3.05, 3.63) is 58.3 Å². The molecule has 21 heavy (non-hydrogen) atoms. The Morgan fingerprint density at radius 3 is 2.14 bits per heavy atom. The van der Waals surface area contributed by atoms with Gasteiger partial charge in [-0.05, 0) is 42.0 Å². The molecule has 2 rings (SSSR count). The van der Waals surface area contributed by atoms with E-state index < -0.39 is 0 Å². The zero-order valence-electron chi connectivity index (χ0n) is 12.8. The number of aliphatic hydroxyl groups excluding tert-OH is 1. The molecule has 1 N–H and O–H groups in total. The summed E-state index contributed by atoms with van der Waals surface area (Å²) in [6.07, 6.45) is -0.331. The molecule has 0 saturated heterocycles. The van der Waals surface area contributed by atoms with Crippen molar-refractivity contribution in [2.24, 2.45) is 0 Å². The van der Waals surface area contributed by atoms with Crippen LogP contribution in [0, 0.1) is 0 Å². The molecule has 0 bridgehead atoms. The molecule has 0 aliphatic rings. The van der Waals surface area contributed by atoms with Crippen molar-refractivity contribution in [1.82, 2.24) is 9.80 Å². The van der Waals surface area contributed by atoms with Crippen LogP contribution in [0.2, 0.25) is 0 Å². The fraction of sp³-hybridized carbons (Fsp3) is 0.412. The molecule has 0 saturated carbocycles. The normalized spacial score (nSPS) is 13.0. The van der Waals surface area contributed by atoms with Gasteiger partial charge in [0.1, 0.15) is 0 Å². The first-order chi connectivity index (χ1) is 10.1. The largest absolute Gasteiger partial charge is 0.390 e. The predicted molar refractivity (Wildman–Crippen MR) is 89.4 cm³/mol. The monoisotopic (exact) mass is 304 g/mol. The average molecular weight is 304 g/mol. The number of likely N-dealkylation sites (N-methyl/N-ethyl adjacent to an activating group) is 2. The molecule has 0 amide bonds. The Hall–Kier alpha value is -1.20. The lowest BCUT2D eigenvalue weighted by Gasteiger charge is -2.24. The van der Waals surface area contributed by atoms with E-state index in [2.05, 4.69) is 52.9 Å². The second-order valence-corrected chi connectivity index (χ2v) is 6.44. The van der Waals surface area contributed by atoms with Gasteiger partial charge in [-0.25, -0.2) is 0 Å². The molecule has 0 spiro atoms. The first-order valence-corrected chi connectivity index (χ1v) is 8.18. The molecule has 3 nitrogen and oxygen atoms in total. The van der Waals surface area contributed by atoms with Gasteiger partial charge >= 0.3 is 0 Å². The third-order valence-electron chi connectivity index (χ3n) is 3.37. The number of thiophene rings is 1. The standard InChI is InChI=1S/C17H24N2OS/c1-18(10-15-6-4-3-5-7-15)12-17(20)13-19(2)11-16-8-9-21-14-16/h3-9,14,17,20H,10-13H2,1-2H3. The molecule has 0 aliphatic carbocycles. The van der Waals surface area contributed by atoms with Crippen molar-refractivity contribution in [3.8, 4) is 0 Å². The highest BCUT2D eigenvalue weighted by Crippen LogP contribution is 2.09. The van der Waals surface area contributed by atoms with Crippen LogP contribution >= 0.6 is 11.3 Å². The van der Waals surface area contributed by atoms with Gasteiger partial charge in [0.15, 0.2) is 0 Å². The van der Waals surface area contributed by atoms with Crippen molar-refractivity contribution in [2.45, 2.75) is 19.2 Å². The van der Waals surface area contributed by atoms with Crippen LogP contribution in [0.15, 0.2) is 47.2 Å². The highest BCUT2D eigenvalue weighted by molar-refractivity contribution is 7.07. The summed E-state index contributed by atoms with van der Waals surface area (Å²) in [4.78, 5) is 4.33. The van der Waals surface area contributed by atoms with Crippen LogP contribution in [0.5, 0.6) is 0 Å². The van der Waals surface area contributed by atoms with E-state index in [4.69, 9.17) is 0 Å². The van der Waals surface area contributed by atoms with Gasteiger partial charge in [0, 0.05) is 26.2 Å². The van der Waals surface area contributed by atoms with E-state index in [1.807, 2.05) is 18.2 Å². The lowest BCUT2D eigenvalue weighted by atomic mass is 10.2. The topological polar surface area (TPSA) is 26.7 Å². The maximum absolute atomic E-state index is 10.2. The number of benzene rings is 1. The van der Waals surface area contributed by atoms with Crippen molar-refractivity contribution >= 4 is 11.3 Å². The summed E-state index contributed by atoms with van der Waals surface area (Å²) < 4.78 is 0. The molecule has 1 aromatic carbocycles. The van der Waals surface area contributed by atoms with E-state index in [0.29, 0.717) is 13.1 Å². The Labute approximate surface area is 131 Å². The minimum Gasteiger partial charge on any atom is -0.390 e. The molecule has 4 heteroatoms. The Kier molecular flexibility index (Phi) is 6.39. The molecular weight excluding hydrogens is 280 g/mol. The second kappa shape index (κ2) is 8.29. The Bertz CT molecular complexity index is 501. The lowest BCUT2D eigenvalue weighted by Crippen LogP contribution is -2.37. The van der Waals surface area contributed by atoms with E-state index in [9.17, 15) is 5.11 Å². The minimum atomic E-state index is -0.331. The molecule has 0 aliphatic heterocycles. The second-order valence-electron chi connectivity index (χ2n) is 5.66. The zero-order chi connectivity index (χ0) is 15.1. The molecule has 1 heterocycles. The Morgan fingerprint density at radius 1 is 0.952 bits per heavy atom. The number of aliphatic hydroxyl groups is 1. The van der Waals surface area contributed by atoms with Gasteiger partial charge in [-0.2, -0.15) is 11.3 Å². The summed E-state index contributed by atoms with van der Waals surface area (Å²) in [7, 11) is 4.10. The highest BCUT2D eigenvalue weighted by Gasteiger charge is 2.11. The summed E-state index contributed by atoms with van der Waals surface area (Å²) in [6, 6.07) is 12.5. The predicted octanol–water partition coefficient (Wildman–Crippen LogP) is 2.67. The summed E-state index contributed by atoms with van der Waals surface area (Å²) in [5.74, 6) is 0.